The Labute approximate surface area is 142 Å². The molecule has 0 unspecified atom stereocenters. The van der Waals surface area contributed by atoms with Crippen LogP contribution in [0.2, 0.25) is 0 Å². The van der Waals surface area contributed by atoms with Crippen molar-refractivity contribution in [1.29, 1.82) is 0 Å². The van der Waals surface area contributed by atoms with Crippen molar-refractivity contribution >= 4 is 33.4 Å². The molecule has 2 aromatic heterocycles. The number of nitrogens with zero attached hydrogens (tertiary/aromatic N) is 1. The molecule has 0 fully saturated rings. The lowest BCUT2D eigenvalue weighted by Crippen LogP contribution is -2.30. The molecule has 0 radical (unpaired) electrons. The number of aryl methyl sites for hydroxylation is 1. The van der Waals surface area contributed by atoms with Crippen molar-refractivity contribution < 1.29 is 18.7 Å². The van der Waals surface area contributed by atoms with Crippen LogP contribution in [0.3, 0.4) is 0 Å². The second-order valence-electron chi connectivity index (χ2n) is 5.14. The van der Waals surface area contributed by atoms with Gasteiger partial charge in [0.1, 0.15) is 11.3 Å². The summed E-state index contributed by atoms with van der Waals surface area (Å²) in [4.78, 5) is 28.0. The third-order valence-electron chi connectivity index (χ3n) is 3.41. The summed E-state index contributed by atoms with van der Waals surface area (Å²) in [6, 6.07) is 9.42. The topological polar surface area (TPSA) is 81.4 Å². The minimum atomic E-state index is -0.567. The number of amides is 1. The molecule has 0 aliphatic rings. The molecule has 124 valence electrons. The fraction of sp³-hybridized carbons (Fsp3) is 0.235. The molecule has 7 heteroatoms. The summed E-state index contributed by atoms with van der Waals surface area (Å²) in [6.07, 6.45) is 2.05. The Hall–Kier alpha value is -2.67. The van der Waals surface area contributed by atoms with E-state index < -0.39 is 5.97 Å². The number of para-hydroxylation sites is 1. The van der Waals surface area contributed by atoms with Crippen LogP contribution in [0, 0.1) is 6.92 Å². The number of nitrogens with one attached hydrogen (secondary N) is 1. The maximum absolute atomic E-state index is 11.8. The van der Waals surface area contributed by atoms with Crippen LogP contribution in [0.4, 0.5) is 0 Å². The molecule has 0 bridgehead atoms. The zero-order valence-corrected chi connectivity index (χ0v) is 13.9. The molecule has 0 spiro atoms. The van der Waals surface area contributed by atoms with Gasteiger partial charge in [-0.15, -0.1) is 11.3 Å². The first-order valence-corrected chi connectivity index (χ1v) is 8.27. The van der Waals surface area contributed by atoms with Crippen LogP contribution in [0.1, 0.15) is 21.1 Å². The summed E-state index contributed by atoms with van der Waals surface area (Å²) in [5.41, 5.74) is 1.30. The van der Waals surface area contributed by atoms with E-state index in [2.05, 4.69) is 10.3 Å². The van der Waals surface area contributed by atoms with Crippen molar-refractivity contribution in [3.05, 3.63) is 52.9 Å². The number of esters is 1. The van der Waals surface area contributed by atoms with Gasteiger partial charge in [0, 0.05) is 13.0 Å². The summed E-state index contributed by atoms with van der Waals surface area (Å²) < 4.78 is 11.1. The number of ether oxygens (including phenoxy) is 1. The molecule has 1 amide bonds. The molecule has 24 heavy (non-hydrogen) atoms. The Morgan fingerprint density at radius 2 is 2.12 bits per heavy atom. The van der Waals surface area contributed by atoms with Gasteiger partial charge >= 0.3 is 5.97 Å². The van der Waals surface area contributed by atoms with E-state index in [1.807, 2.05) is 24.3 Å². The standard InChI is InChI=1S/C17H16N2O4S/c1-11-12(7-9-22-11)17(21)23-10-15(20)18-8-6-16-19-13-4-2-3-5-14(13)24-16/h2-5,7,9H,6,8,10H2,1H3,(H,18,20). The molecular weight excluding hydrogens is 328 g/mol. The van der Waals surface area contributed by atoms with E-state index in [0.717, 1.165) is 15.2 Å². The minimum absolute atomic E-state index is 0.316. The van der Waals surface area contributed by atoms with Crippen molar-refractivity contribution in [3.8, 4) is 0 Å². The van der Waals surface area contributed by atoms with Gasteiger partial charge < -0.3 is 14.5 Å². The maximum atomic E-state index is 11.8. The second-order valence-corrected chi connectivity index (χ2v) is 6.26. The first-order chi connectivity index (χ1) is 11.6. The van der Waals surface area contributed by atoms with Gasteiger partial charge in [-0.2, -0.15) is 0 Å². The highest BCUT2D eigenvalue weighted by Gasteiger charge is 2.14. The lowest BCUT2D eigenvalue weighted by Gasteiger charge is -2.05. The fourth-order valence-electron chi connectivity index (χ4n) is 2.19. The van der Waals surface area contributed by atoms with Gasteiger partial charge in [-0.05, 0) is 25.1 Å². The molecule has 0 saturated carbocycles. The zero-order valence-electron chi connectivity index (χ0n) is 13.1. The largest absolute Gasteiger partial charge is 0.469 e. The van der Waals surface area contributed by atoms with Gasteiger partial charge in [0.05, 0.1) is 21.5 Å². The van der Waals surface area contributed by atoms with Crippen molar-refractivity contribution in [1.82, 2.24) is 10.3 Å². The highest BCUT2D eigenvalue weighted by molar-refractivity contribution is 7.18. The summed E-state index contributed by atoms with van der Waals surface area (Å²) in [5.74, 6) is -0.440. The quantitative estimate of drug-likeness (QED) is 0.695. The Morgan fingerprint density at radius 3 is 2.88 bits per heavy atom. The smallest absolute Gasteiger partial charge is 0.342 e. The molecule has 3 rings (SSSR count). The number of hydrogen-bond donors (Lipinski definition) is 1. The highest BCUT2D eigenvalue weighted by atomic mass is 32.1. The summed E-state index contributed by atoms with van der Waals surface area (Å²) >= 11 is 1.61. The van der Waals surface area contributed by atoms with Crippen molar-refractivity contribution in [3.63, 3.8) is 0 Å². The van der Waals surface area contributed by atoms with Crippen LogP contribution in [0.5, 0.6) is 0 Å². The van der Waals surface area contributed by atoms with Crippen molar-refractivity contribution in [2.75, 3.05) is 13.2 Å². The molecule has 3 aromatic rings. The number of hydrogen-bond acceptors (Lipinski definition) is 6. The van der Waals surface area contributed by atoms with Crippen molar-refractivity contribution in [2.45, 2.75) is 13.3 Å². The van der Waals surface area contributed by atoms with Gasteiger partial charge in [-0.3, -0.25) is 4.79 Å². The average molecular weight is 344 g/mol. The van der Waals surface area contributed by atoms with Gasteiger partial charge in [-0.1, -0.05) is 12.1 Å². The van der Waals surface area contributed by atoms with E-state index in [9.17, 15) is 9.59 Å². The minimum Gasteiger partial charge on any atom is -0.469 e. The van der Waals surface area contributed by atoms with E-state index in [0.29, 0.717) is 24.3 Å². The van der Waals surface area contributed by atoms with Crippen LogP contribution >= 0.6 is 11.3 Å². The summed E-state index contributed by atoms with van der Waals surface area (Å²) in [7, 11) is 0. The Balaban J connectivity index is 1.42. The van der Waals surface area contributed by atoms with E-state index >= 15 is 0 Å². The van der Waals surface area contributed by atoms with E-state index in [1.54, 1.807) is 18.3 Å². The number of benzene rings is 1. The van der Waals surface area contributed by atoms with Gasteiger partial charge in [0.25, 0.3) is 5.91 Å². The number of aromatic nitrogens is 1. The molecular formula is C17H16N2O4S. The summed E-state index contributed by atoms with van der Waals surface area (Å²) in [6.45, 7) is 1.79. The van der Waals surface area contributed by atoms with Gasteiger partial charge in [-0.25, -0.2) is 9.78 Å². The molecule has 0 aliphatic heterocycles. The van der Waals surface area contributed by atoms with Crippen LogP contribution in [-0.4, -0.2) is 30.0 Å². The van der Waals surface area contributed by atoms with Crippen LogP contribution in [-0.2, 0) is 16.0 Å². The number of carbonyl (C=O) groups is 2. The van der Waals surface area contributed by atoms with Crippen molar-refractivity contribution in [2.24, 2.45) is 0 Å². The Morgan fingerprint density at radius 1 is 1.29 bits per heavy atom. The Kier molecular flexibility index (Phi) is 4.90. The first kappa shape index (κ1) is 16.2. The lowest BCUT2D eigenvalue weighted by atomic mass is 10.3. The van der Waals surface area contributed by atoms with Crippen LogP contribution in [0.25, 0.3) is 10.2 Å². The predicted octanol–water partition coefficient (Wildman–Crippen LogP) is 2.71. The molecule has 0 atom stereocenters. The monoisotopic (exact) mass is 344 g/mol. The zero-order chi connectivity index (χ0) is 16.9. The average Bonchev–Trinajstić information content (AvgIpc) is 3.18. The molecule has 1 aromatic carbocycles. The number of rotatable bonds is 6. The second kappa shape index (κ2) is 7.27. The third-order valence-corrected chi connectivity index (χ3v) is 4.51. The molecule has 1 N–H and O–H groups in total. The normalized spacial score (nSPS) is 10.7. The molecule has 0 aliphatic carbocycles. The first-order valence-electron chi connectivity index (χ1n) is 7.46. The van der Waals surface area contributed by atoms with E-state index in [4.69, 9.17) is 9.15 Å². The number of carbonyl (C=O) groups excluding carboxylic acids is 2. The van der Waals surface area contributed by atoms with Crippen LogP contribution in [0.15, 0.2) is 41.0 Å². The number of thiazole rings is 1. The lowest BCUT2D eigenvalue weighted by molar-refractivity contribution is -0.124. The van der Waals surface area contributed by atoms with Gasteiger partial charge in [0.15, 0.2) is 6.61 Å². The summed E-state index contributed by atoms with van der Waals surface area (Å²) in [5, 5.41) is 3.68. The van der Waals surface area contributed by atoms with E-state index in [1.165, 1.54) is 12.3 Å². The SMILES string of the molecule is Cc1occc1C(=O)OCC(=O)NCCc1nc2ccccc2s1. The molecule has 6 nitrogen and oxygen atoms in total. The third kappa shape index (κ3) is 3.80. The number of fused-ring (bicyclic) bond motifs is 1. The van der Waals surface area contributed by atoms with Crippen LogP contribution < -0.4 is 5.32 Å². The molecule has 0 saturated heterocycles. The number of furan rings is 1. The van der Waals surface area contributed by atoms with E-state index in [-0.39, 0.29) is 12.5 Å². The Bertz CT molecular complexity index is 835. The van der Waals surface area contributed by atoms with Gasteiger partial charge in [0.2, 0.25) is 0 Å². The highest BCUT2D eigenvalue weighted by Crippen LogP contribution is 2.21. The fourth-order valence-corrected chi connectivity index (χ4v) is 3.16. The predicted molar refractivity (Wildman–Crippen MR) is 90.1 cm³/mol. The molecule has 2 heterocycles. The maximum Gasteiger partial charge on any atom is 0.342 e.